The average molecular weight is 259 g/mol. The lowest BCUT2D eigenvalue weighted by molar-refractivity contribution is 0.0526. The van der Waals surface area contributed by atoms with Gasteiger partial charge in [0.25, 0.3) is 0 Å². The van der Waals surface area contributed by atoms with Crippen molar-refractivity contribution < 1.29 is 9.53 Å². The minimum atomic E-state index is -0.346. The van der Waals surface area contributed by atoms with E-state index in [0.29, 0.717) is 12.2 Å². The fourth-order valence-corrected chi connectivity index (χ4v) is 1.69. The molecule has 5 nitrogen and oxygen atoms in total. The van der Waals surface area contributed by atoms with Gasteiger partial charge in [0.15, 0.2) is 0 Å². The number of hydrogen-bond donors (Lipinski definition) is 0. The van der Waals surface area contributed by atoms with E-state index < -0.39 is 0 Å². The van der Waals surface area contributed by atoms with Crippen molar-refractivity contribution in [3.63, 3.8) is 0 Å². The van der Waals surface area contributed by atoms with Gasteiger partial charge in [-0.05, 0) is 49.6 Å². The Balaban J connectivity index is 3.12. The molecule has 0 bridgehead atoms. The Morgan fingerprint density at radius 3 is 2.63 bits per heavy atom. The molecule has 0 radical (unpaired) electrons. The van der Waals surface area contributed by atoms with Crippen molar-refractivity contribution >= 4 is 11.5 Å². The van der Waals surface area contributed by atoms with E-state index in [9.17, 15) is 4.79 Å². The van der Waals surface area contributed by atoms with Crippen LogP contribution in [0.25, 0.3) is 16.0 Å². The number of rotatable bonds is 5. The van der Waals surface area contributed by atoms with Gasteiger partial charge in [-0.1, -0.05) is 22.8 Å². The summed E-state index contributed by atoms with van der Waals surface area (Å²) in [5, 5.41) is 3.59. The first-order valence-electron chi connectivity index (χ1n) is 6.05. The molecule has 0 amide bonds. The van der Waals surface area contributed by atoms with Gasteiger partial charge in [0, 0.05) is 4.91 Å². The van der Waals surface area contributed by atoms with Crippen molar-refractivity contribution in [2.45, 2.75) is 20.8 Å². The van der Waals surface area contributed by atoms with Crippen molar-refractivity contribution in [1.82, 2.24) is 0 Å². The lowest BCUT2D eigenvalue weighted by Gasteiger charge is -2.09. The van der Waals surface area contributed by atoms with Crippen molar-refractivity contribution in [2.24, 2.45) is 5.11 Å². The van der Waals surface area contributed by atoms with Gasteiger partial charge in [0.2, 0.25) is 0 Å². The zero-order valence-electron chi connectivity index (χ0n) is 11.4. The third kappa shape index (κ3) is 4.16. The maximum Gasteiger partial charge on any atom is 0.338 e. The molecule has 1 aromatic rings. The Morgan fingerprint density at radius 2 is 2.05 bits per heavy atom. The smallest absolute Gasteiger partial charge is 0.338 e. The van der Waals surface area contributed by atoms with Crippen molar-refractivity contribution in [3.05, 3.63) is 51.4 Å². The highest BCUT2D eigenvalue weighted by Crippen LogP contribution is 2.20. The predicted molar refractivity (Wildman–Crippen MR) is 74.7 cm³/mol. The summed E-state index contributed by atoms with van der Waals surface area (Å²) < 4.78 is 4.97. The fourth-order valence-electron chi connectivity index (χ4n) is 1.69. The Bertz CT molecular complexity index is 539. The molecule has 1 rings (SSSR count). The third-order valence-corrected chi connectivity index (χ3v) is 2.62. The monoisotopic (exact) mass is 259 g/mol. The first kappa shape index (κ1) is 14.8. The molecule has 100 valence electrons. The van der Waals surface area contributed by atoms with Gasteiger partial charge in [-0.15, -0.1) is 0 Å². The molecular weight excluding hydrogens is 242 g/mol. The first-order chi connectivity index (χ1) is 9.10. The van der Waals surface area contributed by atoms with Crippen LogP contribution in [0.5, 0.6) is 0 Å². The van der Waals surface area contributed by atoms with Crippen molar-refractivity contribution in [2.75, 3.05) is 13.2 Å². The van der Waals surface area contributed by atoms with Gasteiger partial charge >= 0.3 is 5.97 Å². The van der Waals surface area contributed by atoms with E-state index in [4.69, 9.17) is 10.3 Å². The van der Waals surface area contributed by atoms with Crippen LogP contribution in [0.15, 0.2) is 35.0 Å². The molecule has 0 unspecified atom stereocenters. The molecule has 0 fully saturated rings. The van der Waals surface area contributed by atoms with Crippen LogP contribution in [-0.2, 0) is 4.74 Å². The number of allylic oxidation sites excluding steroid dienone is 1. The van der Waals surface area contributed by atoms with Crippen LogP contribution < -0.4 is 0 Å². The summed E-state index contributed by atoms with van der Waals surface area (Å²) >= 11 is 0. The molecule has 0 saturated carbocycles. The standard InChI is InChI=1S/C14H17N3O2/c1-4-19-14(18)12-7-5-6-11(8-12)13(10(2)3)9-16-17-15/h5-8H,4,9H2,1-3H3. The zero-order valence-corrected chi connectivity index (χ0v) is 11.4. The lowest BCUT2D eigenvalue weighted by Crippen LogP contribution is -2.05. The average Bonchev–Trinajstić information content (AvgIpc) is 2.39. The topological polar surface area (TPSA) is 75.1 Å². The van der Waals surface area contributed by atoms with E-state index in [-0.39, 0.29) is 12.5 Å². The Labute approximate surface area is 112 Å². The molecule has 0 heterocycles. The van der Waals surface area contributed by atoms with Crippen LogP contribution in [0.1, 0.15) is 36.7 Å². The summed E-state index contributed by atoms with van der Waals surface area (Å²) in [6, 6.07) is 7.14. The van der Waals surface area contributed by atoms with Crippen LogP contribution in [0.2, 0.25) is 0 Å². The highest BCUT2D eigenvalue weighted by Gasteiger charge is 2.09. The summed E-state index contributed by atoms with van der Waals surface area (Å²) in [7, 11) is 0. The zero-order chi connectivity index (χ0) is 14.3. The number of carbonyl (C=O) groups excluding carboxylic acids is 1. The summed E-state index contributed by atoms with van der Waals surface area (Å²) in [6.07, 6.45) is 0. The summed E-state index contributed by atoms with van der Waals surface area (Å²) in [5.74, 6) is -0.346. The third-order valence-electron chi connectivity index (χ3n) is 2.62. The van der Waals surface area contributed by atoms with E-state index in [0.717, 1.165) is 16.7 Å². The minimum Gasteiger partial charge on any atom is -0.462 e. The second-order valence-corrected chi connectivity index (χ2v) is 4.17. The van der Waals surface area contributed by atoms with Gasteiger partial charge < -0.3 is 4.74 Å². The molecule has 0 spiro atoms. The molecule has 0 aliphatic heterocycles. The number of carbonyl (C=O) groups is 1. The van der Waals surface area contributed by atoms with Crippen LogP contribution >= 0.6 is 0 Å². The maximum atomic E-state index is 11.7. The number of nitrogens with zero attached hydrogens (tertiary/aromatic N) is 3. The SMILES string of the molecule is CCOC(=O)c1cccc(C(CN=[N+]=[N-])=C(C)C)c1. The Hall–Kier alpha value is -2.26. The van der Waals surface area contributed by atoms with E-state index >= 15 is 0 Å². The molecular formula is C14H17N3O2. The minimum absolute atomic E-state index is 0.269. The van der Waals surface area contributed by atoms with E-state index in [1.807, 2.05) is 19.9 Å². The first-order valence-corrected chi connectivity index (χ1v) is 6.05. The van der Waals surface area contributed by atoms with E-state index in [2.05, 4.69) is 10.0 Å². The number of azide groups is 1. The molecule has 0 saturated heterocycles. The molecule has 5 heteroatoms. The maximum absolute atomic E-state index is 11.7. The molecule has 0 atom stereocenters. The van der Waals surface area contributed by atoms with Crippen molar-refractivity contribution in [3.8, 4) is 0 Å². The summed E-state index contributed by atoms with van der Waals surface area (Å²) in [5.41, 5.74) is 11.8. The highest BCUT2D eigenvalue weighted by molar-refractivity contribution is 5.90. The van der Waals surface area contributed by atoms with Crippen LogP contribution in [0.4, 0.5) is 0 Å². The number of esters is 1. The van der Waals surface area contributed by atoms with E-state index in [1.165, 1.54) is 0 Å². The van der Waals surface area contributed by atoms with Gasteiger partial charge in [-0.25, -0.2) is 4.79 Å². The Kier molecular flexibility index (Phi) is 5.64. The summed E-state index contributed by atoms with van der Waals surface area (Å²) in [6.45, 7) is 6.27. The molecule has 0 aliphatic carbocycles. The Morgan fingerprint density at radius 1 is 1.37 bits per heavy atom. The fraction of sp³-hybridized carbons (Fsp3) is 0.357. The lowest BCUT2D eigenvalue weighted by atomic mass is 9.99. The number of ether oxygens (including phenoxy) is 1. The van der Waals surface area contributed by atoms with Crippen molar-refractivity contribution in [1.29, 1.82) is 0 Å². The van der Waals surface area contributed by atoms with Gasteiger partial charge in [-0.2, -0.15) is 0 Å². The van der Waals surface area contributed by atoms with Crippen LogP contribution in [0.3, 0.4) is 0 Å². The second-order valence-electron chi connectivity index (χ2n) is 4.17. The van der Waals surface area contributed by atoms with E-state index in [1.54, 1.807) is 25.1 Å². The van der Waals surface area contributed by atoms with Crippen LogP contribution in [0, 0.1) is 0 Å². The number of hydrogen-bond acceptors (Lipinski definition) is 3. The molecule has 0 aliphatic rings. The summed E-state index contributed by atoms with van der Waals surface area (Å²) in [4.78, 5) is 14.5. The van der Waals surface area contributed by atoms with Gasteiger partial charge in [0.05, 0.1) is 18.7 Å². The molecule has 0 aromatic heterocycles. The van der Waals surface area contributed by atoms with Crippen LogP contribution in [-0.4, -0.2) is 19.1 Å². The molecule has 1 aromatic carbocycles. The predicted octanol–water partition coefficient (Wildman–Crippen LogP) is 3.97. The number of benzene rings is 1. The quantitative estimate of drug-likeness (QED) is 0.347. The largest absolute Gasteiger partial charge is 0.462 e. The van der Waals surface area contributed by atoms with Gasteiger partial charge in [-0.3, -0.25) is 0 Å². The second kappa shape index (κ2) is 7.24. The normalized spacial score (nSPS) is 9.42. The molecule has 19 heavy (non-hydrogen) atoms. The van der Waals surface area contributed by atoms with Gasteiger partial charge in [0.1, 0.15) is 0 Å². The highest BCUT2D eigenvalue weighted by atomic mass is 16.5. The molecule has 0 N–H and O–H groups in total.